The third-order valence-electron chi connectivity index (χ3n) is 5.78. The Hall–Kier alpha value is -2.96. The minimum atomic E-state index is -0.0376. The van der Waals surface area contributed by atoms with Gasteiger partial charge in [0.2, 0.25) is 11.8 Å². The monoisotopic (exact) mass is 492 g/mol. The lowest BCUT2D eigenvalue weighted by Gasteiger charge is -2.28. The average molecular weight is 493 g/mol. The summed E-state index contributed by atoms with van der Waals surface area (Å²) in [7, 11) is 0. The van der Waals surface area contributed by atoms with Crippen molar-refractivity contribution in [3.63, 3.8) is 0 Å². The molecule has 6 heteroatoms. The van der Waals surface area contributed by atoms with E-state index in [1.165, 1.54) is 4.88 Å². The van der Waals surface area contributed by atoms with Gasteiger partial charge in [-0.1, -0.05) is 60.7 Å². The molecule has 0 fully saturated rings. The number of hydrogen-bond acceptors (Lipinski definition) is 4. The average Bonchev–Trinajstić information content (AvgIpc) is 3.29. The lowest BCUT2D eigenvalue weighted by atomic mass is 10.1. The van der Waals surface area contributed by atoms with E-state index in [1.807, 2.05) is 72.5 Å². The van der Waals surface area contributed by atoms with Crippen LogP contribution in [0.3, 0.4) is 0 Å². The number of benzene rings is 2. The van der Waals surface area contributed by atoms with E-state index in [0.717, 1.165) is 16.0 Å². The molecule has 35 heavy (non-hydrogen) atoms. The molecular formula is C29H36N2O3S. The second-order valence-corrected chi connectivity index (χ2v) is 9.97. The van der Waals surface area contributed by atoms with Gasteiger partial charge in [-0.25, -0.2) is 0 Å². The fourth-order valence-electron chi connectivity index (χ4n) is 3.91. The summed E-state index contributed by atoms with van der Waals surface area (Å²) in [6, 6.07) is 24.2. The third kappa shape index (κ3) is 9.30. The van der Waals surface area contributed by atoms with Crippen LogP contribution in [0.15, 0.2) is 72.8 Å². The Balaban J connectivity index is 1.70. The van der Waals surface area contributed by atoms with Crippen LogP contribution in [0.5, 0.6) is 0 Å². The summed E-state index contributed by atoms with van der Waals surface area (Å²) in [5.74, 6) is -0.0327. The molecule has 0 spiro atoms. The van der Waals surface area contributed by atoms with Gasteiger partial charge in [0.1, 0.15) is 0 Å². The van der Waals surface area contributed by atoms with Gasteiger partial charge in [0.15, 0.2) is 0 Å². The lowest BCUT2D eigenvalue weighted by molar-refractivity contribution is -0.141. The second kappa shape index (κ2) is 14.4. The van der Waals surface area contributed by atoms with E-state index in [1.54, 1.807) is 16.2 Å². The highest BCUT2D eigenvalue weighted by atomic mass is 32.1. The number of aryl methyl sites for hydroxylation is 2. The van der Waals surface area contributed by atoms with E-state index >= 15 is 0 Å². The van der Waals surface area contributed by atoms with Gasteiger partial charge >= 0.3 is 0 Å². The van der Waals surface area contributed by atoms with Crippen LogP contribution in [0.25, 0.3) is 0 Å². The van der Waals surface area contributed by atoms with Crippen LogP contribution in [0, 0.1) is 6.92 Å². The maximum atomic E-state index is 13.5. The molecule has 2 aromatic carbocycles. The van der Waals surface area contributed by atoms with Gasteiger partial charge in [-0.15, -0.1) is 11.3 Å². The molecule has 0 N–H and O–H groups in total. The molecule has 0 unspecified atom stereocenters. The van der Waals surface area contributed by atoms with Crippen molar-refractivity contribution in [1.29, 1.82) is 0 Å². The molecule has 0 saturated carbocycles. The maximum Gasteiger partial charge on any atom is 0.242 e. The summed E-state index contributed by atoms with van der Waals surface area (Å²) < 4.78 is 5.47. The van der Waals surface area contributed by atoms with Crippen molar-refractivity contribution < 1.29 is 14.3 Å². The Labute approximate surface area is 213 Å². The number of carbonyl (C=O) groups is 2. The Kier molecular flexibility index (Phi) is 11.0. The van der Waals surface area contributed by atoms with E-state index in [4.69, 9.17) is 4.74 Å². The zero-order valence-electron chi connectivity index (χ0n) is 20.8. The minimum Gasteiger partial charge on any atom is -0.382 e. The smallest absolute Gasteiger partial charge is 0.242 e. The Morgan fingerprint density at radius 1 is 0.829 bits per heavy atom. The van der Waals surface area contributed by atoms with E-state index in [9.17, 15) is 9.59 Å². The van der Waals surface area contributed by atoms with Crippen molar-refractivity contribution in [3.8, 4) is 0 Å². The van der Waals surface area contributed by atoms with Crippen molar-refractivity contribution in [2.45, 2.75) is 46.2 Å². The topological polar surface area (TPSA) is 49.9 Å². The van der Waals surface area contributed by atoms with E-state index in [0.29, 0.717) is 52.1 Å². The number of amides is 2. The normalized spacial score (nSPS) is 10.8. The Bertz CT molecular complexity index is 1040. The number of hydrogen-bond donors (Lipinski definition) is 0. The summed E-state index contributed by atoms with van der Waals surface area (Å²) in [4.78, 5) is 32.7. The summed E-state index contributed by atoms with van der Waals surface area (Å²) in [5.41, 5.74) is 2.20. The predicted molar refractivity (Wildman–Crippen MR) is 142 cm³/mol. The SMILES string of the molecule is CCOCCCN(CC(=O)N(Cc1ccccc1)Cc1ccc(C)s1)C(=O)CCc1ccccc1. The molecule has 3 aromatic rings. The molecule has 186 valence electrons. The standard InChI is InChI=1S/C29H36N2O3S/c1-3-34-20-10-19-30(28(32)18-16-25-11-6-4-7-12-25)23-29(33)31(21-26-13-8-5-9-14-26)22-27-17-15-24(2)35-27/h4-9,11-15,17H,3,10,16,18-23H2,1-2H3. The van der Waals surface area contributed by atoms with E-state index in [-0.39, 0.29) is 18.4 Å². The summed E-state index contributed by atoms with van der Waals surface area (Å²) >= 11 is 1.70. The van der Waals surface area contributed by atoms with Crippen LogP contribution in [-0.4, -0.2) is 47.9 Å². The van der Waals surface area contributed by atoms with E-state index in [2.05, 4.69) is 19.1 Å². The zero-order valence-corrected chi connectivity index (χ0v) is 21.6. The van der Waals surface area contributed by atoms with Crippen molar-refractivity contribution in [3.05, 3.63) is 93.7 Å². The van der Waals surface area contributed by atoms with Crippen molar-refractivity contribution >= 4 is 23.2 Å². The molecule has 0 aliphatic carbocycles. The van der Waals surface area contributed by atoms with Gasteiger partial charge in [-0.05, 0) is 49.9 Å². The van der Waals surface area contributed by atoms with Gasteiger partial charge < -0.3 is 14.5 Å². The zero-order chi connectivity index (χ0) is 24.9. The second-order valence-electron chi connectivity index (χ2n) is 8.60. The molecule has 0 aliphatic heterocycles. The number of thiophene rings is 1. The fraction of sp³-hybridized carbons (Fsp3) is 0.379. The van der Waals surface area contributed by atoms with Gasteiger partial charge in [-0.3, -0.25) is 9.59 Å². The number of ether oxygens (including phenoxy) is 1. The molecule has 0 radical (unpaired) electrons. The van der Waals surface area contributed by atoms with Gasteiger partial charge in [-0.2, -0.15) is 0 Å². The Morgan fingerprint density at radius 2 is 1.51 bits per heavy atom. The largest absolute Gasteiger partial charge is 0.382 e. The minimum absolute atomic E-state index is 0.00494. The summed E-state index contributed by atoms with van der Waals surface area (Å²) in [6.45, 7) is 6.90. The van der Waals surface area contributed by atoms with Crippen molar-refractivity contribution in [1.82, 2.24) is 9.80 Å². The van der Waals surface area contributed by atoms with Crippen LogP contribution < -0.4 is 0 Å². The molecule has 3 rings (SSSR count). The molecule has 0 bridgehead atoms. The molecule has 1 aromatic heterocycles. The first-order valence-corrected chi connectivity index (χ1v) is 13.1. The van der Waals surface area contributed by atoms with Crippen molar-refractivity contribution in [2.24, 2.45) is 0 Å². The summed E-state index contributed by atoms with van der Waals surface area (Å²) in [5, 5.41) is 0. The summed E-state index contributed by atoms with van der Waals surface area (Å²) in [6.07, 6.45) is 1.76. The van der Waals surface area contributed by atoms with Gasteiger partial charge in [0, 0.05) is 42.5 Å². The molecule has 1 heterocycles. The first-order valence-electron chi connectivity index (χ1n) is 12.3. The first kappa shape index (κ1) is 26.6. The molecule has 5 nitrogen and oxygen atoms in total. The quantitative estimate of drug-likeness (QED) is 0.280. The molecule has 0 atom stereocenters. The third-order valence-corrected chi connectivity index (χ3v) is 6.77. The van der Waals surface area contributed by atoms with Crippen LogP contribution in [0.4, 0.5) is 0 Å². The molecule has 2 amide bonds. The first-order chi connectivity index (χ1) is 17.0. The highest BCUT2D eigenvalue weighted by Crippen LogP contribution is 2.19. The maximum absolute atomic E-state index is 13.5. The van der Waals surface area contributed by atoms with Crippen LogP contribution in [0.1, 0.15) is 40.6 Å². The van der Waals surface area contributed by atoms with Crippen molar-refractivity contribution in [2.75, 3.05) is 26.3 Å². The molecule has 0 aliphatic rings. The Morgan fingerprint density at radius 3 is 2.14 bits per heavy atom. The number of carbonyl (C=O) groups excluding carboxylic acids is 2. The van der Waals surface area contributed by atoms with Gasteiger partial charge in [0.25, 0.3) is 0 Å². The van der Waals surface area contributed by atoms with Crippen LogP contribution in [-0.2, 0) is 33.8 Å². The molecular weight excluding hydrogens is 456 g/mol. The van der Waals surface area contributed by atoms with Crippen LogP contribution >= 0.6 is 11.3 Å². The number of rotatable bonds is 14. The number of nitrogens with zero attached hydrogens (tertiary/aromatic N) is 2. The van der Waals surface area contributed by atoms with Gasteiger partial charge in [0.05, 0.1) is 13.1 Å². The predicted octanol–water partition coefficient (Wildman–Crippen LogP) is 5.47. The fourth-order valence-corrected chi connectivity index (χ4v) is 4.81. The lowest BCUT2D eigenvalue weighted by Crippen LogP contribution is -2.43. The molecule has 0 saturated heterocycles. The highest BCUT2D eigenvalue weighted by Gasteiger charge is 2.22. The van der Waals surface area contributed by atoms with E-state index < -0.39 is 0 Å². The van der Waals surface area contributed by atoms with Crippen LogP contribution in [0.2, 0.25) is 0 Å². The highest BCUT2D eigenvalue weighted by molar-refractivity contribution is 7.11.